The van der Waals surface area contributed by atoms with E-state index >= 15 is 0 Å². The molecule has 3 rings (SSSR count). The molecule has 0 saturated carbocycles. The lowest BCUT2D eigenvalue weighted by Gasteiger charge is -2.32. The number of rotatable bonds is 11. The summed E-state index contributed by atoms with van der Waals surface area (Å²) < 4.78 is 28.5. The first kappa shape index (κ1) is 26.9. The molecule has 190 valence electrons. The molecule has 2 amide bonds. The molecule has 0 bridgehead atoms. The second kappa shape index (κ2) is 12.4. The molecule has 0 radical (unpaired) electrons. The first-order valence-electron chi connectivity index (χ1n) is 12.1. The lowest BCUT2D eigenvalue weighted by Crippen LogP contribution is -2.51. The highest BCUT2D eigenvalue weighted by Gasteiger charge is 2.32. The van der Waals surface area contributed by atoms with Crippen LogP contribution < -0.4 is 9.62 Å². The van der Waals surface area contributed by atoms with E-state index in [4.69, 9.17) is 0 Å². The summed E-state index contributed by atoms with van der Waals surface area (Å²) in [4.78, 5) is 27.9. The van der Waals surface area contributed by atoms with Crippen LogP contribution in [0.5, 0.6) is 0 Å². The average Bonchev–Trinajstić information content (AvgIpc) is 2.91. The molecular formula is C28H33N3O4S. The molecule has 7 nitrogen and oxygen atoms in total. The predicted octanol–water partition coefficient (Wildman–Crippen LogP) is 4.00. The molecule has 0 saturated heterocycles. The minimum Gasteiger partial charge on any atom is -0.355 e. The fraction of sp³-hybridized carbons (Fsp3) is 0.286. The van der Waals surface area contributed by atoms with Gasteiger partial charge in [-0.25, -0.2) is 8.42 Å². The van der Waals surface area contributed by atoms with Gasteiger partial charge in [0.1, 0.15) is 12.6 Å². The fourth-order valence-electron chi connectivity index (χ4n) is 3.83. The van der Waals surface area contributed by atoms with Crippen LogP contribution in [0.4, 0.5) is 5.69 Å². The van der Waals surface area contributed by atoms with Gasteiger partial charge < -0.3 is 10.2 Å². The van der Waals surface area contributed by atoms with Gasteiger partial charge in [-0.1, -0.05) is 67.6 Å². The van der Waals surface area contributed by atoms with E-state index < -0.39 is 28.5 Å². The molecule has 3 aromatic carbocycles. The Bertz CT molecular complexity index is 1250. The molecule has 0 aliphatic carbocycles. The molecule has 0 spiro atoms. The van der Waals surface area contributed by atoms with Crippen molar-refractivity contribution >= 4 is 27.5 Å². The van der Waals surface area contributed by atoms with Crippen molar-refractivity contribution in [1.29, 1.82) is 0 Å². The summed E-state index contributed by atoms with van der Waals surface area (Å²) in [6, 6.07) is 23.7. The number of hydrogen-bond donors (Lipinski definition) is 1. The maximum atomic E-state index is 13.7. The Labute approximate surface area is 213 Å². The number of nitrogens with zero attached hydrogens (tertiary/aromatic N) is 2. The van der Waals surface area contributed by atoms with E-state index in [-0.39, 0.29) is 17.3 Å². The fourth-order valence-corrected chi connectivity index (χ4v) is 5.27. The van der Waals surface area contributed by atoms with Crippen LogP contribution in [0.2, 0.25) is 0 Å². The highest BCUT2D eigenvalue weighted by atomic mass is 32.2. The number of anilines is 1. The number of hydrogen-bond acceptors (Lipinski definition) is 4. The molecular weight excluding hydrogens is 474 g/mol. The van der Waals surface area contributed by atoms with Gasteiger partial charge in [0.05, 0.1) is 10.6 Å². The molecule has 3 aromatic rings. The topological polar surface area (TPSA) is 86.8 Å². The molecule has 1 N–H and O–H groups in total. The van der Waals surface area contributed by atoms with Crippen molar-refractivity contribution in [3.63, 3.8) is 0 Å². The van der Waals surface area contributed by atoms with E-state index in [1.54, 1.807) is 37.3 Å². The largest absolute Gasteiger partial charge is 0.355 e. The van der Waals surface area contributed by atoms with Gasteiger partial charge in [-0.3, -0.25) is 13.9 Å². The highest BCUT2D eigenvalue weighted by Crippen LogP contribution is 2.25. The van der Waals surface area contributed by atoms with Gasteiger partial charge in [0.2, 0.25) is 11.8 Å². The van der Waals surface area contributed by atoms with E-state index in [0.717, 1.165) is 21.9 Å². The highest BCUT2D eigenvalue weighted by molar-refractivity contribution is 7.92. The lowest BCUT2D eigenvalue weighted by atomic mass is 10.1. The van der Waals surface area contributed by atoms with Crippen molar-refractivity contribution in [2.45, 2.75) is 44.7 Å². The van der Waals surface area contributed by atoms with Crippen molar-refractivity contribution in [3.8, 4) is 0 Å². The lowest BCUT2D eigenvalue weighted by molar-refractivity contribution is -0.139. The number of aryl methyl sites for hydroxylation is 1. The Kier molecular flexibility index (Phi) is 9.25. The summed E-state index contributed by atoms with van der Waals surface area (Å²) in [5.41, 5.74) is 2.28. The average molecular weight is 508 g/mol. The maximum absolute atomic E-state index is 13.7. The first-order chi connectivity index (χ1) is 17.3. The van der Waals surface area contributed by atoms with Crippen LogP contribution in [0.1, 0.15) is 31.9 Å². The molecule has 0 heterocycles. The number of nitrogens with one attached hydrogen (secondary N) is 1. The number of benzene rings is 3. The summed E-state index contributed by atoms with van der Waals surface area (Å²) in [6.07, 6.45) is 0.805. The van der Waals surface area contributed by atoms with Gasteiger partial charge in [-0.05, 0) is 55.7 Å². The number of sulfonamides is 1. The van der Waals surface area contributed by atoms with Crippen molar-refractivity contribution < 1.29 is 18.0 Å². The third kappa shape index (κ3) is 6.51. The Morgan fingerprint density at radius 1 is 0.833 bits per heavy atom. The summed E-state index contributed by atoms with van der Waals surface area (Å²) >= 11 is 0. The third-order valence-corrected chi connectivity index (χ3v) is 7.74. The standard InChI is InChI=1S/C28H33N3O4S/c1-4-23-16-18-25(19-17-23)31(36(34,35)26-14-10-7-11-15-26)21-27(32)30(22(3)28(33)29-5-2)20-24-12-8-6-9-13-24/h6-19,22H,4-5,20-21H2,1-3H3,(H,29,33)/t22-/m0/s1. The minimum absolute atomic E-state index is 0.0868. The SMILES string of the molecule is CCNC(=O)[C@H](C)N(Cc1ccccc1)C(=O)CN(c1ccc(CC)cc1)S(=O)(=O)c1ccccc1. The minimum atomic E-state index is -4.05. The Morgan fingerprint density at radius 2 is 1.42 bits per heavy atom. The van der Waals surface area contributed by atoms with Crippen LogP contribution in [-0.4, -0.2) is 44.3 Å². The van der Waals surface area contributed by atoms with Crippen LogP contribution >= 0.6 is 0 Å². The number of amides is 2. The normalized spacial score (nSPS) is 12.0. The van der Waals surface area contributed by atoms with Crippen molar-refractivity contribution in [3.05, 3.63) is 96.1 Å². The van der Waals surface area contributed by atoms with Gasteiger partial charge in [0, 0.05) is 13.1 Å². The molecule has 0 fully saturated rings. The van der Waals surface area contributed by atoms with Crippen LogP contribution in [0.15, 0.2) is 89.8 Å². The summed E-state index contributed by atoms with van der Waals surface area (Å²) in [6.45, 7) is 5.63. The van der Waals surface area contributed by atoms with E-state index in [2.05, 4.69) is 5.32 Å². The van der Waals surface area contributed by atoms with Crippen LogP contribution in [-0.2, 0) is 32.6 Å². The van der Waals surface area contributed by atoms with Crippen LogP contribution in [0.25, 0.3) is 0 Å². The Balaban J connectivity index is 2.00. The van der Waals surface area contributed by atoms with Gasteiger partial charge in [-0.15, -0.1) is 0 Å². The Morgan fingerprint density at radius 3 is 1.97 bits per heavy atom. The van der Waals surface area contributed by atoms with E-state index in [9.17, 15) is 18.0 Å². The van der Waals surface area contributed by atoms with Gasteiger partial charge in [0.25, 0.3) is 10.0 Å². The molecule has 0 aliphatic heterocycles. The summed E-state index contributed by atoms with van der Waals surface area (Å²) in [5.74, 6) is -0.775. The number of carbonyl (C=O) groups is 2. The van der Waals surface area contributed by atoms with Crippen molar-refractivity contribution in [2.75, 3.05) is 17.4 Å². The summed E-state index contributed by atoms with van der Waals surface area (Å²) in [5, 5.41) is 2.76. The number of carbonyl (C=O) groups excluding carboxylic acids is 2. The smallest absolute Gasteiger partial charge is 0.264 e. The monoisotopic (exact) mass is 507 g/mol. The summed E-state index contributed by atoms with van der Waals surface area (Å²) in [7, 11) is -4.05. The zero-order valence-corrected chi connectivity index (χ0v) is 21.7. The molecule has 0 aliphatic rings. The van der Waals surface area contributed by atoms with Crippen molar-refractivity contribution in [1.82, 2.24) is 10.2 Å². The molecule has 0 aromatic heterocycles. The van der Waals surface area contributed by atoms with Gasteiger partial charge in [0.15, 0.2) is 0 Å². The zero-order chi connectivity index (χ0) is 26.1. The van der Waals surface area contributed by atoms with Crippen LogP contribution in [0.3, 0.4) is 0 Å². The molecule has 1 atom stereocenters. The van der Waals surface area contributed by atoms with E-state index in [1.165, 1.54) is 17.0 Å². The molecule has 0 unspecified atom stereocenters. The van der Waals surface area contributed by atoms with E-state index in [0.29, 0.717) is 12.2 Å². The molecule has 36 heavy (non-hydrogen) atoms. The third-order valence-electron chi connectivity index (χ3n) is 5.96. The van der Waals surface area contributed by atoms with Gasteiger partial charge >= 0.3 is 0 Å². The second-order valence-electron chi connectivity index (χ2n) is 8.42. The maximum Gasteiger partial charge on any atom is 0.264 e. The second-order valence-corrected chi connectivity index (χ2v) is 10.3. The van der Waals surface area contributed by atoms with E-state index in [1.807, 2.05) is 56.3 Å². The quantitative estimate of drug-likeness (QED) is 0.425. The predicted molar refractivity (Wildman–Crippen MR) is 142 cm³/mol. The van der Waals surface area contributed by atoms with Crippen LogP contribution in [0, 0.1) is 0 Å². The first-order valence-corrected chi connectivity index (χ1v) is 13.5. The molecule has 8 heteroatoms. The Hall–Kier alpha value is -3.65. The van der Waals surface area contributed by atoms with Crippen molar-refractivity contribution in [2.24, 2.45) is 0 Å². The zero-order valence-electron chi connectivity index (χ0n) is 20.9. The number of likely N-dealkylation sites (N-methyl/N-ethyl adjacent to an activating group) is 1. The van der Waals surface area contributed by atoms with Gasteiger partial charge in [-0.2, -0.15) is 0 Å².